The molecule has 4 heteroatoms. The van der Waals surface area contributed by atoms with Gasteiger partial charge in [0, 0.05) is 11.6 Å². The van der Waals surface area contributed by atoms with Gasteiger partial charge in [0.05, 0.1) is 10.3 Å². The second kappa shape index (κ2) is 4.51. The molecule has 17 heavy (non-hydrogen) atoms. The average molecular weight is 230 g/mol. The first kappa shape index (κ1) is 11.5. The Labute approximate surface area is 99.2 Å². The van der Waals surface area contributed by atoms with Crippen molar-refractivity contribution in [3.63, 3.8) is 0 Å². The first-order valence-electron chi connectivity index (χ1n) is 5.50. The van der Waals surface area contributed by atoms with Gasteiger partial charge in [-0.15, -0.1) is 0 Å². The largest absolute Gasteiger partial charge is 0.328 e. The molecule has 0 amide bonds. The topological polar surface area (TPSA) is 69.2 Å². The smallest absolute Gasteiger partial charge is 0.280 e. The Morgan fingerprint density at radius 2 is 2.00 bits per heavy atom. The predicted octanol–water partition coefficient (Wildman–Crippen LogP) is 2.64. The van der Waals surface area contributed by atoms with Crippen molar-refractivity contribution in [3.8, 4) is 0 Å². The van der Waals surface area contributed by atoms with E-state index in [1.165, 1.54) is 0 Å². The van der Waals surface area contributed by atoms with Gasteiger partial charge in [-0.3, -0.25) is 10.1 Å². The lowest BCUT2D eigenvalue weighted by molar-refractivity contribution is -0.383. The summed E-state index contributed by atoms with van der Waals surface area (Å²) in [5.41, 5.74) is 6.59. The SMILES string of the molecule is CC(N)Cc1ccc2ccccc2c1[N+](=O)[O-]. The Morgan fingerprint density at radius 1 is 1.29 bits per heavy atom. The molecule has 2 N–H and O–H groups in total. The highest BCUT2D eigenvalue weighted by Crippen LogP contribution is 2.30. The van der Waals surface area contributed by atoms with Gasteiger partial charge in [0.2, 0.25) is 0 Å². The molecular weight excluding hydrogens is 216 g/mol. The highest BCUT2D eigenvalue weighted by molar-refractivity contribution is 5.92. The fourth-order valence-electron chi connectivity index (χ4n) is 2.03. The number of nitro benzene ring substituents is 1. The highest BCUT2D eigenvalue weighted by Gasteiger charge is 2.18. The molecule has 0 fully saturated rings. The van der Waals surface area contributed by atoms with Crippen LogP contribution in [0.3, 0.4) is 0 Å². The molecule has 4 nitrogen and oxygen atoms in total. The van der Waals surface area contributed by atoms with Crippen molar-refractivity contribution in [1.29, 1.82) is 0 Å². The van der Waals surface area contributed by atoms with E-state index >= 15 is 0 Å². The Hall–Kier alpha value is -1.94. The average Bonchev–Trinajstić information content (AvgIpc) is 2.27. The second-order valence-corrected chi connectivity index (χ2v) is 4.23. The van der Waals surface area contributed by atoms with Crippen LogP contribution in [0.25, 0.3) is 10.8 Å². The van der Waals surface area contributed by atoms with Crippen LogP contribution >= 0.6 is 0 Å². The van der Waals surface area contributed by atoms with Gasteiger partial charge >= 0.3 is 0 Å². The molecule has 2 rings (SSSR count). The Bertz CT molecular complexity index is 564. The highest BCUT2D eigenvalue weighted by atomic mass is 16.6. The van der Waals surface area contributed by atoms with Crippen LogP contribution in [0.5, 0.6) is 0 Å². The van der Waals surface area contributed by atoms with E-state index in [-0.39, 0.29) is 16.7 Å². The van der Waals surface area contributed by atoms with Gasteiger partial charge in [-0.05, 0) is 24.8 Å². The lowest BCUT2D eigenvalue weighted by Crippen LogP contribution is -2.18. The number of benzene rings is 2. The maximum atomic E-state index is 11.2. The minimum atomic E-state index is -0.319. The monoisotopic (exact) mass is 230 g/mol. The summed E-state index contributed by atoms with van der Waals surface area (Å²) in [6.07, 6.45) is 0.515. The molecule has 1 unspecified atom stereocenters. The summed E-state index contributed by atoms with van der Waals surface area (Å²) in [4.78, 5) is 10.9. The molecule has 0 saturated heterocycles. The summed E-state index contributed by atoms with van der Waals surface area (Å²) >= 11 is 0. The summed E-state index contributed by atoms with van der Waals surface area (Å²) in [5.74, 6) is 0. The van der Waals surface area contributed by atoms with Crippen LogP contribution in [0.2, 0.25) is 0 Å². The molecule has 0 aliphatic rings. The minimum absolute atomic E-state index is 0.0881. The molecule has 2 aromatic carbocycles. The normalized spacial score (nSPS) is 12.6. The van der Waals surface area contributed by atoms with Gasteiger partial charge in [-0.2, -0.15) is 0 Å². The summed E-state index contributed by atoms with van der Waals surface area (Å²) in [5, 5.41) is 12.7. The van der Waals surface area contributed by atoms with E-state index in [9.17, 15) is 10.1 Å². The maximum absolute atomic E-state index is 11.2. The molecule has 0 saturated carbocycles. The summed E-state index contributed by atoms with van der Waals surface area (Å²) < 4.78 is 0. The van der Waals surface area contributed by atoms with Crippen molar-refractivity contribution in [1.82, 2.24) is 0 Å². The van der Waals surface area contributed by atoms with Crippen molar-refractivity contribution >= 4 is 16.5 Å². The van der Waals surface area contributed by atoms with Crippen molar-refractivity contribution in [2.75, 3.05) is 0 Å². The number of nitro groups is 1. The number of rotatable bonds is 3. The Morgan fingerprint density at radius 3 is 2.65 bits per heavy atom. The third-order valence-electron chi connectivity index (χ3n) is 2.71. The van der Waals surface area contributed by atoms with Crippen molar-refractivity contribution < 1.29 is 4.92 Å². The van der Waals surface area contributed by atoms with Crippen molar-refractivity contribution in [3.05, 3.63) is 52.1 Å². The molecule has 0 spiro atoms. The number of nitrogens with two attached hydrogens (primary N) is 1. The van der Waals surface area contributed by atoms with Crippen molar-refractivity contribution in [2.24, 2.45) is 5.73 Å². The van der Waals surface area contributed by atoms with E-state index in [4.69, 9.17) is 5.73 Å². The first-order chi connectivity index (χ1) is 8.09. The summed E-state index contributed by atoms with van der Waals surface area (Å²) in [7, 11) is 0. The quantitative estimate of drug-likeness (QED) is 0.651. The number of hydrogen-bond acceptors (Lipinski definition) is 3. The molecule has 88 valence electrons. The zero-order chi connectivity index (χ0) is 12.4. The fraction of sp³-hybridized carbons (Fsp3) is 0.231. The van der Waals surface area contributed by atoms with E-state index in [1.807, 2.05) is 31.2 Å². The predicted molar refractivity (Wildman–Crippen MR) is 68.0 cm³/mol. The van der Waals surface area contributed by atoms with E-state index in [0.29, 0.717) is 17.4 Å². The molecule has 2 aromatic rings. The van der Waals surface area contributed by atoms with Gasteiger partial charge in [0.1, 0.15) is 0 Å². The molecule has 0 heterocycles. The van der Waals surface area contributed by atoms with Gasteiger partial charge < -0.3 is 5.73 Å². The first-order valence-corrected chi connectivity index (χ1v) is 5.50. The van der Waals surface area contributed by atoms with Crippen LogP contribution in [0, 0.1) is 10.1 Å². The molecule has 0 aliphatic heterocycles. The standard InChI is InChI=1S/C13H14N2O2/c1-9(14)8-11-7-6-10-4-2-3-5-12(10)13(11)15(16)17/h2-7,9H,8,14H2,1H3. The van der Waals surface area contributed by atoms with Crippen LogP contribution in [0.4, 0.5) is 5.69 Å². The van der Waals surface area contributed by atoms with E-state index in [1.54, 1.807) is 12.1 Å². The van der Waals surface area contributed by atoms with Gasteiger partial charge in [-0.25, -0.2) is 0 Å². The van der Waals surface area contributed by atoms with E-state index < -0.39 is 0 Å². The van der Waals surface area contributed by atoms with Crippen LogP contribution < -0.4 is 5.73 Å². The van der Waals surface area contributed by atoms with E-state index in [2.05, 4.69) is 0 Å². The van der Waals surface area contributed by atoms with Gasteiger partial charge in [-0.1, -0.05) is 30.3 Å². The number of nitrogens with zero attached hydrogens (tertiary/aromatic N) is 1. The zero-order valence-corrected chi connectivity index (χ0v) is 9.59. The Balaban J connectivity index is 2.68. The van der Waals surface area contributed by atoms with Crippen LogP contribution in [-0.4, -0.2) is 11.0 Å². The van der Waals surface area contributed by atoms with Crippen molar-refractivity contribution in [2.45, 2.75) is 19.4 Å². The minimum Gasteiger partial charge on any atom is -0.328 e. The zero-order valence-electron chi connectivity index (χ0n) is 9.59. The molecule has 0 aliphatic carbocycles. The molecule has 0 bridgehead atoms. The van der Waals surface area contributed by atoms with Crippen LogP contribution in [-0.2, 0) is 6.42 Å². The fourth-order valence-corrected chi connectivity index (χ4v) is 2.03. The molecular formula is C13H14N2O2. The third kappa shape index (κ3) is 2.26. The lowest BCUT2D eigenvalue weighted by atomic mass is 10.00. The van der Waals surface area contributed by atoms with Crippen LogP contribution in [0.1, 0.15) is 12.5 Å². The van der Waals surface area contributed by atoms with Gasteiger partial charge in [0.25, 0.3) is 5.69 Å². The Kier molecular flexibility index (Phi) is 3.06. The maximum Gasteiger partial charge on any atom is 0.280 e. The lowest BCUT2D eigenvalue weighted by Gasteiger charge is -2.08. The van der Waals surface area contributed by atoms with Gasteiger partial charge in [0.15, 0.2) is 0 Å². The second-order valence-electron chi connectivity index (χ2n) is 4.23. The molecule has 1 atom stereocenters. The third-order valence-corrected chi connectivity index (χ3v) is 2.71. The molecule has 0 radical (unpaired) electrons. The summed E-state index contributed by atoms with van der Waals surface area (Å²) in [6.45, 7) is 1.85. The molecule has 0 aromatic heterocycles. The number of hydrogen-bond donors (Lipinski definition) is 1. The summed E-state index contributed by atoms with van der Waals surface area (Å²) in [6, 6.07) is 10.9. The van der Waals surface area contributed by atoms with Crippen LogP contribution in [0.15, 0.2) is 36.4 Å². The number of fused-ring (bicyclic) bond motifs is 1. The van der Waals surface area contributed by atoms with E-state index in [0.717, 1.165) is 5.39 Å².